The molecule has 0 radical (unpaired) electrons. The first-order valence-electron chi connectivity index (χ1n) is 7.08. The normalized spacial score (nSPS) is 26.5. The van der Waals surface area contributed by atoms with Gasteiger partial charge in [0, 0.05) is 37.3 Å². The fourth-order valence-corrected chi connectivity index (χ4v) is 3.47. The molecule has 2 fully saturated rings. The van der Waals surface area contributed by atoms with Gasteiger partial charge in [-0.15, -0.1) is 0 Å². The van der Waals surface area contributed by atoms with Crippen LogP contribution < -0.4 is 5.32 Å². The van der Waals surface area contributed by atoms with Gasteiger partial charge in [0.15, 0.2) is 0 Å². The fourth-order valence-electron chi connectivity index (χ4n) is 3.47. The molecule has 1 aliphatic heterocycles. The molecule has 3 rings (SSSR count). The zero-order valence-electron chi connectivity index (χ0n) is 10.8. The minimum atomic E-state index is 0.636. The highest BCUT2D eigenvalue weighted by molar-refractivity contribution is 5.15. The maximum Gasteiger partial charge on any atom is 0.113 e. The molecule has 1 unspecified atom stereocenters. The van der Waals surface area contributed by atoms with E-state index in [2.05, 4.69) is 23.1 Å². The Morgan fingerprint density at radius 3 is 2.71 bits per heavy atom. The average Bonchev–Trinajstić information content (AvgIpc) is 2.99. The second kappa shape index (κ2) is 4.81. The third kappa shape index (κ3) is 2.13. The molecule has 94 valence electrons. The van der Waals surface area contributed by atoms with E-state index in [0.717, 1.165) is 19.0 Å². The molecular weight excluding hydrogens is 210 g/mol. The highest BCUT2D eigenvalue weighted by Crippen LogP contribution is 2.34. The Morgan fingerprint density at radius 1 is 1.18 bits per heavy atom. The number of hydrogen-bond donors (Lipinski definition) is 1. The average molecular weight is 233 g/mol. The second-order valence-corrected chi connectivity index (χ2v) is 5.62. The van der Waals surface area contributed by atoms with Crippen molar-refractivity contribution in [2.24, 2.45) is 7.05 Å². The van der Waals surface area contributed by atoms with E-state index in [4.69, 9.17) is 4.98 Å². The van der Waals surface area contributed by atoms with Crippen LogP contribution in [0.15, 0.2) is 6.20 Å². The summed E-state index contributed by atoms with van der Waals surface area (Å²) >= 11 is 0. The van der Waals surface area contributed by atoms with E-state index < -0.39 is 0 Å². The van der Waals surface area contributed by atoms with E-state index in [0.29, 0.717) is 5.92 Å². The molecule has 0 amide bonds. The quantitative estimate of drug-likeness (QED) is 0.850. The predicted octanol–water partition coefficient (Wildman–Crippen LogP) is 2.54. The Hall–Kier alpha value is -0.830. The monoisotopic (exact) mass is 233 g/mol. The van der Waals surface area contributed by atoms with Crippen LogP contribution in [0, 0.1) is 0 Å². The van der Waals surface area contributed by atoms with Gasteiger partial charge < -0.3 is 9.88 Å². The van der Waals surface area contributed by atoms with E-state index in [1.54, 1.807) is 0 Å². The van der Waals surface area contributed by atoms with Gasteiger partial charge in [0.05, 0.1) is 0 Å². The van der Waals surface area contributed by atoms with Crippen LogP contribution in [0.2, 0.25) is 0 Å². The summed E-state index contributed by atoms with van der Waals surface area (Å²) in [7, 11) is 2.21. The molecule has 0 spiro atoms. The van der Waals surface area contributed by atoms with Crippen LogP contribution in [0.5, 0.6) is 0 Å². The van der Waals surface area contributed by atoms with Gasteiger partial charge in [-0.1, -0.05) is 19.3 Å². The highest BCUT2D eigenvalue weighted by atomic mass is 15.1. The van der Waals surface area contributed by atoms with Gasteiger partial charge in [-0.2, -0.15) is 0 Å². The molecule has 1 N–H and O–H groups in total. The molecular formula is C14H23N3. The highest BCUT2D eigenvalue weighted by Gasteiger charge is 2.25. The van der Waals surface area contributed by atoms with Crippen molar-refractivity contribution in [3.63, 3.8) is 0 Å². The number of nitrogens with one attached hydrogen (secondary N) is 1. The summed E-state index contributed by atoms with van der Waals surface area (Å²) in [6, 6.07) is 0. The van der Waals surface area contributed by atoms with Crippen LogP contribution in [0.25, 0.3) is 0 Å². The fraction of sp³-hybridized carbons (Fsp3) is 0.786. The van der Waals surface area contributed by atoms with E-state index in [-0.39, 0.29) is 0 Å². The number of aromatic nitrogens is 2. The van der Waals surface area contributed by atoms with Crippen LogP contribution in [0.3, 0.4) is 0 Å². The Labute approximate surface area is 104 Å². The van der Waals surface area contributed by atoms with Crippen molar-refractivity contribution < 1.29 is 0 Å². The topological polar surface area (TPSA) is 29.9 Å². The largest absolute Gasteiger partial charge is 0.335 e. The van der Waals surface area contributed by atoms with Gasteiger partial charge in [-0.05, 0) is 25.8 Å². The minimum Gasteiger partial charge on any atom is -0.335 e. The lowest BCUT2D eigenvalue weighted by Gasteiger charge is -2.22. The van der Waals surface area contributed by atoms with Crippen molar-refractivity contribution in [1.82, 2.24) is 14.9 Å². The zero-order valence-corrected chi connectivity index (χ0v) is 10.8. The molecule has 1 aromatic rings. The van der Waals surface area contributed by atoms with Crippen molar-refractivity contribution in [1.29, 1.82) is 0 Å². The summed E-state index contributed by atoms with van der Waals surface area (Å²) in [5.74, 6) is 2.71. The van der Waals surface area contributed by atoms with Gasteiger partial charge in [0.25, 0.3) is 0 Å². The molecule has 2 heterocycles. The summed E-state index contributed by atoms with van der Waals surface area (Å²) in [6.45, 7) is 2.26. The lowest BCUT2D eigenvalue weighted by Crippen LogP contribution is -2.14. The second-order valence-electron chi connectivity index (χ2n) is 5.62. The SMILES string of the molecule is Cn1c(C2CCCCC2)cnc1C1CCNC1. The standard InChI is InChI=1S/C14H23N3/c1-17-13(11-5-3-2-4-6-11)10-16-14(17)12-7-8-15-9-12/h10-12,15H,2-9H2,1H3. The van der Waals surface area contributed by atoms with E-state index >= 15 is 0 Å². The first kappa shape index (κ1) is 11.3. The number of hydrogen-bond acceptors (Lipinski definition) is 2. The lowest BCUT2D eigenvalue weighted by atomic mass is 9.87. The molecule has 1 saturated carbocycles. The number of nitrogens with zero attached hydrogens (tertiary/aromatic N) is 2. The molecule has 1 aliphatic carbocycles. The van der Waals surface area contributed by atoms with Crippen LogP contribution >= 0.6 is 0 Å². The summed E-state index contributed by atoms with van der Waals surface area (Å²) in [5, 5.41) is 3.43. The van der Waals surface area contributed by atoms with Crippen LogP contribution in [0.4, 0.5) is 0 Å². The predicted molar refractivity (Wildman–Crippen MR) is 69.3 cm³/mol. The summed E-state index contributed by atoms with van der Waals surface area (Å²) in [5.41, 5.74) is 1.48. The van der Waals surface area contributed by atoms with Crippen LogP contribution in [-0.2, 0) is 7.05 Å². The minimum absolute atomic E-state index is 0.636. The molecule has 3 nitrogen and oxygen atoms in total. The van der Waals surface area contributed by atoms with Gasteiger partial charge in [-0.25, -0.2) is 4.98 Å². The zero-order chi connectivity index (χ0) is 11.7. The first-order chi connectivity index (χ1) is 8.36. The summed E-state index contributed by atoms with van der Waals surface area (Å²) < 4.78 is 2.38. The van der Waals surface area contributed by atoms with Crippen LogP contribution in [0.1, 0.15) is 61.9 Å². The van der Waals surface area contributed by atoms with Crippen molar-refractivity contribution in [2.75, 3.05) is 13.1 Å². The molecule has 1 atom stereocenters. The third-order valence-corrected chi connectivity index (χ3v) is 4.51. The summed E-state index contributed by atoms with van der Waals surface area (Å²) in [4.78, 5) is 4.70. The van der Waals surface area contributed by atoms with Gasteiger partial charge in [-0.3, -0.25) is 0 Å². The summed E-state index contributed by atoms with van der Waals surface area (Å²) in [6.07, 6.45) is 10.3. The number of imidazole rings is 1. The van der Waals surface area contributed by atoms with E-state index in [1.807, 2.05) is 0 Å². The molecule has 2 aliphatic rings. The van der Waals surface area contributed by atoms with E-state index in [9.17, 15) is 0 Å². The molecule has 0 aromatic carbocycles. The first-order valence-corrected chi connectivity index (χ1v) is 7.08. The Balaban J connectivity index is 1.80. The van der Waals surface area contributed by atoms with Crippen LogP contribution in [-0.4, -0.2) is 22.6 Å². The van der Waals surface area contributed by atoms with Gasteiger partial charge >= 0.3 is 0 Å². The van der Waals surface area contributed by atoms with E-state index in [1.165, 1.54) is 50.0 Å². The molecule has 17 heavy (non-hydrogen) atoms. The third-order valence-electron chi connectivity index (χ3n) is 4.51. The smallest absolute Gasteiger partial charge is 0.113 e. The van der Waals surface area contributed by atoms with Gasteiger partial charge in [0.2, 0.25) is 0 Å². The van der Waals surface area contributed by atoms with Crippen molar-refractivity contribution >= 4 is 0 Å². The maximum absolute atomic E-state index is 4.70. The Kier molecular flexibility index (Phi) is 3.19. The number of rotatable bonds is 2. The van der Waals surface area contributed by atoms with Crippen molar-refractivity contribution in [3.8, 4) is 0 Å². The van der Waals surface area contributed by atoms with Gasteiger partial charge in [0.1, 0.15) is 5.82 Å². The molecule has 3 heteroatoms. The molecule has 0 bridgehead atoms. The van der Waals surface area contributed by atoms with Crippen molar-refractivity contribution in [3.05, 3.63) is 17.7 Å². The van der Waals surface area contributed by atoms with Crippen molar-refractivity contribution in [2.45, 2.75) is 50.4 Å². The Bertz CT molecular complexity index is 371. The molecule has 1 saturated heterocycles. The maximum atomic E-state index is 4.70. The molecule has 1 aromatic heterocycles. The lowest BCUT2D eigenvalue weighted by molar-refractivity contribution is 0.427. The Morgan fingerprint density at radius 2 is 2.00 bits per heavy atom.